The average Bonchev–Trinajstić information content (AvgIpc) is 2.43. The highest BCUT2D eigenvalue weighted by Crippen LogP contribution is 2.31. The molecule has 0 heterocycles. The van der Waals surface area contributed by atoms with E-state index in [1.54, 1.807) is 13.2 Å². The number of nitro benzene ring substituents is 1. The largest absolute Gasteiger partial charge is 0.379 e. The zero-order valence-electron chi connectivity index (χ0n) is 12.3. The molecule has 1 aliphatic carbocycles. The van der Waals surface area contributed by atoms with Crippen molar-refractivity contribution in [2.45, 2.75) is 51.7 Å². The third kappa shape index (κ3) is 3.10. The van der Waals surface area contributed by atoms with Crippen LogP contribution in [0.1, 0.15) is 36.8 Å². The molecule has 1 fully saturated rings. The predicted octanol–water partition coefficient (Wildman–Crippen LogP) is 3.58. The highest BCUT2D eigenvalue weighted by molar-refractivity contribution is 5.65. The van der Waals surface area contributed by atoms with Crippen molar-refractivity contribution in [3.05, 3.63) is 33.4 Å². The zero-order valence-corrected chi connectivity index (χ0v) is 12.3. The normalized spacial score (nSPS) is 22.6. The van der Waals surface area contributed by atoms with E-state index in [1.807, 2.05) is 19.9 Å². The summed E-state index contributed by atoms with van der Waals surface area (Å²) in [6, 6.07) is 3.66. The van der Waals surface area contributed by atoms with Crippen molar-refractivity contribution in [3.63, 3.8) is 0 Å². The monoisotopic (exact) mass is 278 g/mol. The molecule has 1 aromatic carbocycles. The predicted molar refractivity (Wildman–Crippen MR) is 79.2 cm³/mol. The third-order valence-corrected chi connectivity index (χ3v) is 4.15. The van der Waals surface area contributed by atoms with Crippen molar-refractivity contribution < 1.29 is 9.66 Å². The topological polar surface area (TPSA) is 64.4 Å². The molecular weight excluding hydrogens is 256 g/mol. The molecule has 0 amide bonds. The van der Waals surface area contributed by atoms with Gasteiger partial charge in [-0.3, -0.25) is 10.1 Å². The van der Waals surface area contributed by atoms with E-state index < -0.39 is 0 Å². The van der Waals surface area contributed by atoms with Crippen molar-refractivity contribution in [1.29, 1.82) is 0 Å². The number of methoxy groups -OCH3 is 1. The van der Waals surface area contributed by atoms with Crippen molar-refractivity contribution in [1.82, 2.24) is 0 Å². The Kier molecular flexibility index (Phi) is 4.60. The van der Waals surface area contributed by atoms with Gasteiger partial charge >= 0.3 is 0 Å². The summed E-state index contributed by atoms with van der Waals surface area (Å²) in [6.45, 7) is 3.86. The van der Waals surface area contributed by atoms with Crippen molar-refractivity contribution >= 4 is 11.4 Å². The second kappa shape index (κ2) is 6.22. The number of rotatable bonds is 4. The van der Waals surface area contributed by atoms with E-state index in [4.69, 9.17) is 4.74 Å². The third-order valence-electron chi connectivity index (χ3n) is 4.15. The number of nitro groups is 1. The van der Waals surface area contributed by atoms with Gasteiger partial charge in [-0.1, -0.05) is 12.8 Å². The first-order valence-corrected chi connectivity index (χ1v) is 7.08. The maximum Gasteiger partial charge on any atom is 0.292 e. The van der Waals surface area contributed by atoms with Crippen LogP contribution in [0.2, 0.25) is 0 Å². The molecule has 110 valence electrons. The number of ether oxygens (including phenoxy) is 1. The van der Waals surface area contributed by atoms with Crippen LogP contribution in [0.3, 0.4) is 0 Å². The molecule has 1 N–H and O–H groups in total. The highest BCUT2D eigenvalue weighted by Gasteiger charge is 2.27. The number of nitrogens with zero attached hydrogens (tertiary/aromatic N) is 1. The Morgan fingerprint density at radius 1 is 1.25 bits per heavy atom. The van der Waals surface area contributed by atoms with Gasteiger partial charge in [-0.05, 0) is 43.9 Å². The van der Waals surface area contributed by atoms with E-state index >= 15 is 0 Å². The number of aryl methyl sites for hydroxylation is 2. The second-order valence-electron chi connectivity index (χ2n) is 5.52. The molecule has 0 saturated heterocycles. The van der Waals surface area contributed by atoms with Gasteiger partial charge in [-0.15, -0.1) is 0 Å². The SMILES string of the molecule is COC1CCCCC1Nc1cc(C)c(C)cc1[N+](=O)[O-]. The summed E-state index contributed by atoms with van der Waals surface area (Å²) in [6.07, 6.45) is 4.42. The molecule has 0 radical (unpaired) electrons. The highest BCUT2D eigenvalue weighted by atomic mass is 16.6. The van der Waals surface area contributed by atoms with Crippen LogP contribution < -0.4 is 5.32 Å². The standard InChI is InChI=1S/C15H22N2O3/c1-10-8-13(14(17(18)19)9-11(10)2)16-12-6-4-5-7-15(12)20-3/h8-9,12,15-16H,4-7H2,1-3H3. The van der Waals surface area contributed by atoms with E-state index in [1.165, 1.54) is 0 Å². The van der Waals surface area contributed by atoms with Gasteiger partial charge in [0.05, 0.1) is 17.1 Å². The Balaban J connectivity index is 2.27. The van der Waals surface area contributed by atoms with Gasteiger partial charge in [0.15, 0.2) is 0 Å². The number of hydrogen-bond acceptors (Lipinski definition) is 4. The fourth-order valence-electron chi connectivity index (χ4n) is 2.81. The molecule has 0 spiro atoms. The maximum atomic E-state index is 11.2. The van der Waals surface area contributed by atoms with E-state index in [9.17, 15) is 10.1 Å². The molecule has 2 unspecified atom stereocenters. The van der Waals surface area contributed by atoms with Gasteiger partial charge in [0.2, 0.25) is 0 Å². The quantitative estimate of drug-likeness (QED) is 0.675. The first-order chi connectivity index (χ1) is 9.52. The number of anilines is 1. The molecule has 2 rings (SSSR count). The van der Waals surface area contributed by atoms with E-state index in [2.05, 4.69) is 5.32 Å². The van der Waals surface area contributed by atoms with Crippen LogP contribution in [0.4, 0.5) is 11.4 Å². The van der Waals surface area contributed by atoms with Crippen molar-refractivity contribution in [3.8, 4) is 0 Å². The molecule has 0 aliphatic heterocycles. The van der Waals surface area contributed by atoms with E-state index in [-0.39, 0.29) is 22.8 Å². The molecule has 1 saturated carbocycles. The molecule has 0 aromatic heterocycles. The lowest BCUT2D eigenvalue weighted by Crippen LogP contribution is -2.37. The van der Waals surface area contributed by atoms with Gasteiger partial charge < -0.3 is 10.1 Å². The lowest BCUT2D eigenvalue weighted by Gasteiger charge is -2.31. The van der Waals surface area contributed by atoms with Gasteiger partial charge in [0.1, 0.15) is 5.69 Å². The first-order valence-electron chi connectivity index (χ1n) is 7.08. The summed E-state index contributed by atoms with van der Waals surface area (Å²) in [5.74, 6) is 0. The molecule has 5 nitrogen and oxygen atoms in total. The van der Waals surface area contributed by atoms with Gasteiger partial charge in [-0.2, -0.15) is 0 Å². The smallest absolute Gasteiger partial charge is 0.292 e. The number of nitrogens with one attached hydrogen (secondary N) is 1. The summed E-state index contributed by atoms with van der Waals surface area (Å²) in [5, 5.41) is 14.5. The Hall–Kier alpha value is -1.62. The van der Waals surface area contributed by atoms with Gasteiger partial charge in [0.25, 0.3) is 5.69 Å². The van der Waals surface area contributed by atoms with Gasteiger partial charge in [0, 0.05) is 13.2 Å². The van der Waals surface area contributed by atoms with Crippen LogP contribution in [-0.2, 0) is 4.74 Å². The van der Waals surface area contributed by atoms with Crippen molar-refractivity contribution in [2.75, 3.05) is 12.4 Å². The summed E-state index contributed by atoms with van der Waals surface area (Å²) in [7, 11) is 1.71. The Morgan fingerprint density at radius 3 is 2.55 bits per heavy atom. The fourth-order valence-corrected chi connectivity index (χ4v) is 2.81. The molecule has 1 aromatic rings. The van der Waals surface area contributed by atoms with E-state index in [0.29, 0.717) is 5.69 Å². The van der Waals surface area contributed by atoms with Crippen LogP contribution in [0.5, 0.6) is 0 Å². The summed E-state index contributed by atoms with van der Waals surface area (Å²) >= 11 is 0. The lowest BCUT2D eigenvalue weighted by molar-refractivity contribution is -0.384. The van der Waals surface area contributed by atoms with Crippen LogP contribution in [0.15, 0.2) is 12.1 Å². The summed E-state index contributed by atoms with van der Waals surface area (Å²) < 4.78 is 5.50. The summed E-state index contributed by atoms with van der Waals surface area (Å²) in [4.78, 5) is 10.9. The minimum atomic E-state index is -0.320. The maximum absolute atomic E-state index is 11.2. The average molecular weight is 278 g/mol. The fraction of sp³-hybridized carbons (Fsp3) is 0.600. The van der Waals surface area contributed by atoms with Crippen LogP contribution in [0.25, 0.3) is 0 Å². The minimum absolute atomic E-state index is 0.130. The molecule has 20 heavy (non-hydrogen) atoms. The molecule has 5 heteroatoms. The molecule has 2 atom stereocenters. The van der Waals surface area contributed by atoms with Crippen LogP contribution >= 0.6 is 0 Å². The van der Waals surface area contributed by atoms with Crippen LogP contribution in [0, 0.1) is 24.0 Å². The Morgan fingerprint density at radius 2 is 1.90 bits per heavy atom. The molecule has 1 aliphatic rings. The van der Waals surface area contributed by atoms with E-state index in [0.717, 1.165) is 36.8 Å². The minimum Gasteiger partial charge on any atom is -0.379 e. The Bertz CT molecular complexity index is 502. The molecular formula is C15H22N2O3. The van der Waals surface area contributed by atoms with Crippen LogP contribution in [-0.4, -0.2) is 24.2 Å². The molecule has 0 bridgehead atoms. The second-order valence-corrected chi connectivity index (χ2v) is 5.52. The summed E-state index contributed by atoms with van der Waals surface area (Å²) in [5.41, 5.74) is 2.75. The van der Waals surface area contributed by atoms with Crippen molar-refractivity contribution in [2.24, 2.45) is 0 Å². The number of benzene rings is 1. The Labute approximate surface area is 119 Å². The number of hydrogen-bond donors (Lipinski definition) is 1. The first kappa shape index (κ1) is 14.8. The lowest BCUT2D eigenvalue weighted by atomic mass is 9.92. The van der Waals surface area contributed by atoms with Gasteiger partial charge in [-0.25, -0.2) is 0 Å². The zero-order chi connectivity index (χ0) is 14.7.